The molecule has 2 heterocycles. The number of hydrogen-bond acceptors (Lipinski definition) is 5. The predicted molar refractivity (Wildman–Crippen MR) is 120 cm³/mol. The summed E-state index contributed by atoms with van der Waals surface area (Å²) in [6.45, 7) is 13.5. The largest absolute Gasteiger partial charge is 0.444 e. The molecule has 0 aromatic rings. The predicted octanol–water partition coefficient (Wildman–Crippen LogP) is 0.553. The van der Waals surface area contributed by atoms with Crippen molar-refractivity contribution in [1.29, 1.82) is 0 Å². The van der Waals surface area contributed by atoms with Gasteiger partial charge in [-0.2, -0.15) is 0 Å². The Bertz CT molecular complexity index is 552. The molecule has 10 heteroatoms. The molecule has 2 rings (SSSR count). The summed E-state index contributed by atoms with van der Waals surface area (Å²) in [5.41, 5.74) is -0.469. The molecule has 2 saturated heterocycles. The summed E-state index contributed by atoms with van der Waals surface area (Å²) in [4.78, 5) is 33.5. The van der Waals surface area contributed by atoms with Crippen molar-refractivity contribution in [1.82, 2.24) is 25.3 Å². The van der Waals surface area contributed by atoms with Crippen LogP contribution in [0.3, 0.4) is 0 Å². The summed E-state index contributed by atoms with van der Waals surface area (Å²) < 4.78 is 5.36. The topological polar surface area (TPSA) is 89.5 Å². The number of amides is 2. The van der Waals surface area contributed by atoms with Crippen LogP contribution in [0.5, 0.6) is 0 Å². The first-order chi connectivity index (χ1) is 12.7. The molecule has 0 aliphatic carbocycles. The van der Waals surface area contributed by atoms with Gasteiger partial charge in [-0.25, -0.2) is 4.79 Å². The van der Waals surface area contributed by atoms with Gasteiger partial charge in [0.05, 0.1) is 6.04 Å². The van der Waals surface area contributed by atoms with Gasteiger partial charge in [-0.3, -0.25) is 14.7 Å². The average Bonchev–Trinajstić information content (AvgIpc) is 2.54. The van der Waals surface area contributed by atoms with Crippen molar-refractivity contribution in [2.24, 2.45) is 4.99 Å². The van der Waals surface area contributed by atoms with Crippen LogP contribution in [0.25, 0.3) is 0 Å². The Labute approximate surface area is 185 Å². The number of carbonyl (C=O) groups excluding carboxylic acids is 2. The van der Waals surface area contributed by atoms with E-state index in [1.165, 1.54) is 0 Å². The summed E-state index contributed by atoms with van der Waals surface area (Å²) in [5.74, 6) is 0.893. The second-order valence-electron chi connectivity index (χ2n) is 8.07. The molecule has 0 atom stereocenters. The van der Waals surface area contributed by atoms with Crippen molar-refractivity contribution in [3.63, 3.8) is 0 Å². The van der Waals surface area contributed by atoms with E-state index in [1.807, 2.05) is 25.7 Å². The molecule has 2 aliphatic heterocycles. The van der Waals surface area contributed by atoms with Crippen LogP contribution < -0.4 is 10.6 Å². The molecule has 2 fully saturated rings. The van der Waals surface area contributed by atoms with E-state index in [4.69, 9.17) is 4.74 Å². The summed E-state index contributed by atoms with van der Waals surface area (Å²) in [6, 6.07) is 0.183. The Morgan fingerprint density at radius 1 is 1.11 bits per heavy atom. The van der Waals surface area contributed by atoms with E-state index in [0.717, 1.165) is 45.2 Å². The number of aliphatic imine (C=N–C) groups is 1. The van der Waals surface area contributed by atoms with Crippen molar-refractivity contribution in [2.75, 3.05) is 59.4 Å². The minimum Gasteiger partial charge on any atom is -0.444 e. The zero-order valence-electron chi connectivity index (χ0n) is 17.7. The standard InChI is InChI=1S/C18H34N6O3.HI/c1-14(25)23-10-8-22(9-11-23)7-6-20-16(19-5)21-15-12-24(13-15)17(26)27-18(2,3)4;/h15H,6-13H2,1-5H3,(H2,19,20,21);1H. The molecular weight excluding hydrogens is 475 g/mol. The van der Waals surface area contributed by atoms with Crippen LogP contribution in [0.2, 0.25) is 0 Å². The molecule has 28 heavy (non-hydrogen) atoms. The number of ether oxygens (including phenoxy) is 1. The molecular formula is C18H35IN6O3. The van der Waals surface area contributed by atoms with Gasteiger partial charge in [0.1, 0.15) is 5.60 Å². The molecule has 2 amide bonds. The second-order valence-corrected chi connectivity index (χ2v) is 8.07. The lowest BCUT2D eigenvalue weighted by molar-refractivity contribution is -0.130. The van der Waals surface area contributed by atoms with Crippen LogP contribution in [0.15, 0.2) is 4.99 Å². The van der Waals surface area contributed by atoms with Gasteiger partial charge in [-0.1, -0.05) is 0 Å². The maximum Gasteiger partial charge on any atom is 0.410 e. The smallest absolute Gasteiger partial charge is 0.410 e. The van der Waals surface area contributed by atoms with E-state index >= 15 is 0 Å². The van der Waals surface area contributed by atoms with Crippen LogP contribution in [0, 0.1) is 0 Å². The van der Waals surface area contributed by atoms with Gasteiger partial charge < -0.3 is 25.2 Å². The molecule has 0 aromatic heterocycles. The van der Waals surface area contributed by atoms with Gasteiger partial charge >= 0.3 is 6.09 Å². The third kappa shape index (κ3) is 7.98. The Morgan fingerprint density at radius 2 is 1.71 bits per heavy atom. The first-order valence-electron chi connectivity index (χ1n) is 9.61. The second kappa shape index (κ2) is 11.0. The SMILES string of the molecule is CN=C(NCCN1CCN(C(C)=O)CC1)NC1CN(C(=O)OC(C)(C)C)C1.I. The normalized spacial score (nSPS) is 18.8. The Balaban J connectivity index is 0.00000392. The quantitative estimate of drug-likeness (QED) is 0.327. The zero-order chi connectivity index (χ0) is 20.0. The number of nitrogens with zero attached hydrogens (tertiary/aromatic N) is 4. The Hall–Kier alpha value is -1.30. The number of rotatable bonds is 4. The van der Waals surface area contributed by atoms with Crippen molar-refractivity contribution < 1.29 is 14.3 Å². The van der Waals surface area contributed by atoms with Crippen molar-refractivity contribution >= 4 is 41.9 Å². The fourth-order valence-electron chi connectivity index (χ4n) is 3.05. The Kier molecular flexibility index (Phi) is 9.75. The summed E-state index contributed by atoms with van der Waals surface area (Å²) in [7, 11) is 1.74. The maximum absolute atomic E-state index is 12.0. The lowest BCUT2D eigenvalue weighted by Crippen LogP contribution is -2.63. The monoisotopic (exact) mass is 510 g/mol. The number of likely N-dealkylation sites (tertiary alicyclic amines) is 1. The van der Waals surface area contributed by atoms with Crippen molar-refractivity contribution in [2.45, 2.75) is 39.3 Å². The lowest BCUT2D eigenvalue weighted by Gasteiger charge is -2.40. The number of carbonyl (C=O) groups is 2. The molecule has 0 bridgehead atoms. The van der Waals surface area contributed by atoms with Gasteiger partial charge in [0.25, 0.3) is 0 Å². The molecule has 0 aromatic carbocycles. The minimum atomic E-state index is -0.469. The third-order valence-electron chi connectivity index (χ3n) is 4.64. The highest BCUT2D eigenvalue weighted by Gasteiger charge is 2.34. The summed E-state index contributed by atoms with van der Waals surface area (Å²) in [5, 5.41) is 6.64. The van der Waals surface area contributed by atoms with E-state index in [1.54, 1.807) is 18.9 Å². The van der Waals surface area contributed by atoms with E-state index in [2.05, 4.69) is 20.5 Å². The molecule has 0 saturated carbocycles. The number of nitrogens with one attached hydrogen (secondary N) is 2. The fraction of sp³-hybridized carbons (Fsp3) is 0.833. The highest BCUT2D eigenvalue weighted by Crippen LogP contribution is 2.15. The van der Waals surface area contributed by atoms with Gasteiger partial charge in [-0.15, -0.1) is 24.0 Å². The third-order valence-corrected chi connectivity index (χ3v) is 4.64. The van der Waals surface area contributed by atoms with Crippen LogP contribution >= 0.6 is 24.0 Å². The first-order valence-corrected chi connectivity index (χ1v) is 9.61. The van der Waals surface area contributed by atoms with Crippen LogP contribution in [0.1, 0.15) is 27.7 Å². The van der Waals surface area contributed by atoms with Gasteiger partial charge in [0.2, 0.25) is 5.91 Å². The fourth-order valence-corrected chi connectivity index (χ4v) is 3.05. The lowest BCUT2D eigenvalue weighted by atomic mass is 10.1. The maximum atomic E-state index is 12.0. The van der Waals surface area contributed by atoms with Crippen molar-refractivity contribution in [3.8, 4) is 0 Å². The molecule has 0 spiro atoms. The van der Waals surface area contributed by atoms with Crippen LogP contribution in [-0.4, -0.2) is 104 Å². The van der Waals surface area contributed by atoms with E-state index in [0.29, 0.717) is 13.1 Å². The van der Waals surface area contributed by atoms with Gasteiger partial charge in [-0.05, 0) is 20.8 Å². The zero-order valence-corrected chi connectivity index (χ0v) is 20.0. The summed E-state index contributed by atoms with van der Waals surface area (Å²) in [6.07, 6.45) is -0.270. The highest BCUT2D eigenvalue weighted by atomic mass is 127. The van der Waals surface area contributed by atoms with E-state index in [9.17, 15) is 9.59 Å². The van der Waals surface area contributed by atoms with Gasteiger partial charge in [0, 0.05) is 66.3 Å². The van der Waals surface area contributed by atoms with Crippen LogP contribution in [0.4, 0.5) is 4.79 Å². The number of guanidine groups is 1. The molecule has 2 aliphatic rings. The molecule has 2 N–H and O–H groups in total. The van der Waals surface area contributed by atoms with Crippen LogP contribution in [-0.2, 0) is 9.53 Å². The van der Waals surface area contributed by atoms with Crippen molar-refractivity contribution in [3.05, 3.63) is 0 Å². The minimum absolute atomic E-state index is 0. The molecule has 0 unspecified atom stereocenters. The number of hydrogen-bond donors (Lipinski definition) is 2. The number of piperazine rings is 1. The summed E-state index contributed by atoms with van der Waals surface area (Å²) >= 11 is 0. The molecule has 0 radical (unpaired) electrons. The average molecular weight is 510 g/mol. The van der Waals surface area contributed by atoms with Gasteiger partial charge in [0.15, 0.2) is 5.96 Å². The molecule has 9 nitrogen and oxygen atoms in total. The number of halogens is 1. The van der Waals surface area contributed by atoms with E-state index in [-0.39, 0.29) is 42.0 Å². The Morgan fingerprint density at radius 3 is 2.21 bits per heavy atom. The molecule has 162 valence electrons. The first kappa shape index (κ1) is 24.7. The van der Waals surface area contributed by atoms with E-state index < -0.39 is 5.60 Å². The highest BCUT2D eigenvalue weighted by molar-refractivity contribution is 14.0.